The van der Waals surface area contributed by atoms with Crippen LogP contribution in [0.1, 0.15) is 36.5 Å². The van der Waals surface area contributed by atoms with E-state index in [1.807, 2.05) is 7.05 Å². The fraction of sp³-hybridized carbons (Fsp3) is 0.600. The third-order valence-electron chi connectivity index (χ3n) is 4.04. The highest BCUT2D eigenvalue weighted by Crippen LogP contribution is 2.32. The second-order valence-corrected chi connectivity index (χ2v) is 5.20. The number of nitrogens with zero attached hydrogens (tertiary/aromatic N) is 2. The summed E-state index contributed by atoms with van der Waals surface area (Å²) in [5, 5.41) is 0. The molecule has 0 radical (unpaired) electrons. The molecule has 0 bridgehead atoms. The number of nitrogens with two attached hydrogens (primary N) is 1. The molecule has 1 aliphatic carbocycles. The molecule has 20 heavy (non-hydrogen) atoms. The molecule has 1 aromatic rings. The highest BCUT2D eigenvalue weighted by molar-refractivity contribution is 5.94. The average Bonchev–Trinajstić information content (AvgIpc) is 2.95. The summed E-state index contributed by atoms with van der Waals surface area (Å²) >= 11 is 0. The normalized spacial score (nSPS) is 21.8. The summed E-state index contributed by atoms with van der Waals surface area (Å²) < 4.78 is 5.10. The van der Waals surface area contributed by atoms with Gasteiger partial charge in [-0.1, -0.05) is 6.42 Å². The molecule has 0 aromatic carbocycles. The van der Waals surface area contributed by atoms with Crippen LogP contribution < -0.4 is 10.6 Å². The molecule has 2 unspecified atom stereocenters. The van der Waals surface area contributed by atoms with Crippen molar-refractivity contribution in [3.05, 3.63) is 23.9 Å². The molecule has 2 atom stereocenters. The minimum absolute atomic E-state index is 0.315. The maximum absolute atomic E-state index is 12.0. The number of ether oxygens (including phenoxy) is 1. The van der Waals surface area contributed by atoms with Crippen LogP contribution >= 0.6 is 0 Å². The Kier molecular flexibility index (Phi) is 4.95. The van der Waals surface area contributed by atoms with Gasteiger partial charge in [0.15, 0.2) is 0 Å². The van der Waals surface area contributed by atoms with Crippen molar-refractivity contribution in [2.45, 2.75) is 32.2 Å². The zero-order chi connectivity index (χ0) is 14.5. The van der Waals surface area contributed by atoms with E-state index in [-0.39, 0.29) is 5.97 Å². The van der Waals surface area contributed by atoms with Crippen molar-refractivity contribution in [1.82, 2.24) is 4.98 Å². The molecule has 0 aliphatic heterocycles. The van der Waals surface area contributed by atoms with E-state index in [0.29, 0.717) is 36.5 Å². The van der Waals surface area contributed by atoms with Crippen molar-refractivity contribution < 1.29 is 9.53 Å². The van der Waals surface area contributed by atoms with Crippen LogP contribution in [-0.4, -0.2) is 37.2 Å². The van der Waals surface area contributed by atoms with Crippen LogP contribution in [0.5, 0.6) is 0 Å². The van der Waals surface area contributed by atoms with Crippen LogP contribution in [0.4, 0.5) is 5.82 Å². The number of esters is 1. The standard InChI is InChI=1S/C15H23N3O2/c1-3-20-15(19)12-7-5-9-17-14(12)18(2)13-8-4-6-11(13)10-16/h5,7,9,11,13H,3-4,6,8,10,16H2,1-2H3. The second-order valence-electron chi connectivity index (χ2n) is 5.20. The van der Waals surface area contributed by atoms with Crippen LogP contribution in [0.15, 0.2) is 18.3 Å². The van der Waals surface area contributed by atoms with Crippen molar-refractivity contribution >= 4 is 11.8 Å². The molecule has 1 aliphatic rings. The van der Waals surface area contributed by atoms with Crippen molar-refractivity contribution in [1.29, 1.82) is 0 Å². The molecule has 1 aromatic heterocycles. The molecule has 5 nitrogen and oxygen atoms in total. The van der Waals surface area contributed by atoms with E-state index >= 15 is 0 Å². The molecule has 0 amide bonds. The van der Waals surface area contributed by atoms with E-state index in [0.717, 1.165) is 12.8 Å². The summed E-state index contributed by atoms with van der Waals surface area (Å²) in [5.41, 5.74) is 6.37. The molecule has 5 heteroatoms. The predicted molar refractivity (Wildman–Crippen MR) is 78.8 cm³/mol. The quantitative estimate of drug-likeness (QED) is 0.831. The molecule has 1 heterocycles. The van der Waals surface area contributed by atoms with Crippen molar-refractivity contribution in [2.75, 3.05) is 25.1 Å². The number of hydrogen-bond acceptors (Lipinski definition) is 5. The van der Waals surface area contributed by atoms with Gasteiger partial charge in [0.1, 0.15) is 11.4 Å². The van der Waals surface area contributed by atoms with Crippen LogP contribution in [0.25, 0.3) is 0 Å². The molecule has 0 spiro atoms. The first-order valence-electron chi connectivity index (χ1n) is 7.24. The maximum atomic E-state index is 12.0. The topological polar surface area (TPSA) is 68.5 Å². The smallest absolute Gasteiger partial charge is 0.341 e. The van der Waals surface area contributed by atoms with Gasteiger partial charge in [-0.25, -0.2) is 9.78 Å². The first kappa shape index (κ1) is 14.8. The van der Waals surface area contributed by atoms with Gasteiger partial charge in [0, 0.05) is 19.3 Å². The van der Waals surface area contributed by atoms with Gasteiger partial charge in [-0.05, 0) is 44.4 Å². The summed E-state index contributed by atoms with van der Waals surface area (Å²) in [7, 11) is 1.99. The lowest BCUT2D eigenvalue weighted by Gasteiger charge is -2.31. The van der Waals surface area contributed by atoms with Crippen LogP contribution in [0, 0.1) is 5.92 Å². The zero-order valence-corrected chi connectivity index (χ0v) is 12.2. The van der Waals surface area contributed by atoms with Crippen LogP contribution in [0.2, 0.25) is 0 Å². The molecule has 110 valence electrons. The van der Waals surface area contributed by atoms with Gasteiger partial charge in [0.25, 0.3) is 0 Å². The Morgan fingerprint density at radius 2 is 2.35 bits per heavy atom. The summed E-state index contributed by atoms with van der Waals surface area (Å²) in [4.78, 5) is 18.5. The molecule has 1 saturated carbocycles. The molecule has 0 saturated heterocycles. The SMILES string of the molecule is CCOC(=O)c1cccnc1N(C)C1CCCC1CN. The fourth-order valence-corrected chi connectivity index (χ4v) is 3.01. The van der Waals surface area contributed by atoms with Crippen molar-refractivity contribution in [2.24, 2.45) is 11.7 Å². The summed E-state index contributed by atoms with van der Waals surface area (Å²) in [6.07, 6.45) is 5.13. The van der Waals surface area contributed by atoms with Gasteiger partial charge in [0.05, 0.1) is 6.61 Å². The Morgan fingerprint density at radius 3 is 3.05 bits per heavy atom. The third-order valence-corrected chi connectivity index (χ3v) is 4.04. The van der Waals surface area contributed by atoms with E-state index < -0.39 is 0 Å². The number of carbonyl (C=O) groups excluding carboxylic acids is 1. The maximum Gasteiger partial charge on any atom is 0.341 e. The predicted octanol–water partition coefficient (Wildman–Crippen LogP) is 1.82. The summed E-state index contributed by atoms with van der Waals surface area (Å²) in [5.74, 6) is 0.845. The van der Waals surface area contributed by atoms with Gasteiger partial charge < -0.3 is 15.4 Å². The van der Waals surface area contributed by atoms with E-state index in [2.05, 4.69) is 9.88 Å². The van der Waals surface area contributed by atoms with E-state index in [4.69, 9.17) is 10.5 Å². The first-order valence-corrected chi connectivity index (χ1v) is 7.24. The Morgan fingerprint density at radius 1 is 1.55 bits per heavy atom. The van der Waals surface area contributed by atoms with Crippen molar-refractivity contribution in [3.63, 3.8) is 0 Å². The zero-order valence-electron chi connectivity index (χ0n) is 12.2. The van der Waals surface area contributed by atoms with Gasteiger partial charge in [-0.2, -0.15) is 0 Å². The molecular formula is C15H23N3O2. The summed E-state index contributed by atoms with van der Waals surface area (Å²) in [6, 6.07) is 3.88. The lowest BCUT2D eigenvalue weighted by atomic mass is 10.0. The van der Waals surface area contributed by atoms with E-state index in [9.17, 15) is 4.79 Å². The Balaban J connectivity index is 2.25. The number of carbonyl (C=O) groups is 1. The van der Waals surface area contributed by atoms with Gasteiger partial charge in [-0.3, -0.25) is 0 Å². The van der Waals surface area contributed by atoms with Crippen molar-refractivity contribution in [3.8, 4) is 0 Å². The number of hydrogen-bond donors (Lipinski definition) is 1. The van der Waals surface area contributed by atoms with Gasteiger partial charge in [0.2, 0.25) is 0 Å². The minimum Gasteiger partial charge on any atom is -0.462 e. The monoisotopic (exact) mass is 277 g/mol. The average molecular weight is 277 g/mol. The number of rotatable bonds is 5. The van der Waals surface area contributed by atoms with Crippen LogP contribution in [0.3, 0.4) is 0 Å². The van der Waals surface area contributed by atoms with E-state index in [1.54, 1.807) is 25.3 Å². The minimum atomic E-state index is -0.315. The van der Waals surface area contributed by atoms with Gasteiger partial charge >= 0.3 is 5.97 Å². The first-order chi connectivity index (χ1) is 9.69. The number of pyridine rings is 1. The fourth-order valence-electron chi connectivity index (χ4n) is 3.01. The molecule has 2 N–H and O–H groups in total. The van der Waals surface area contributed by atoms with E-state index in [1.165, 1.54) is 6.42 Å². The largest absolute Gasteiger partial charge is 0.462 e. The highest BCUT2D eigenvalue weighted by atomic mass is 16.5. The molecule has 1 fully saturated rings. The van der Waals surface area contributed by atoms with Crippen LogP contribution in [-0.2, 0) is 4.74 Å². The Bertz CT molecular complexity index is 464. The van der Waals surface area contributed by atoms with Gasteiger partial charge in [-0.15, -0.1) is 0 Å². The number of anilines is 1. The highest BCUT2D eigenvalue weighted by Gasteiger charge is 2.31. The number of aromatic nitrogens is 1. The Labute approximate surface area is 120 Å². The molecule has 2 rings (SSSR count). The lowest BCUT2D eigenvalue weighted by molar-refractivity contribution is 0.0526. The molecular weight excluding hydrogens is 254 g/mol. The second kappa shape index (κ2) is 6.70. The third kappa shape index (κ3) is 2.93. The lowest BCUT2D eigenvalue weighted by Crippen LogP contribution is -2.39. The summed E-state index contributed by atoms with van der Waals surface area (Å²) in [6.45, 7) is 2.85. The Hall–Kier alpha value is -1.62.